The fourth-order valence-corrected chi connectivity index (χ4v) is 2.72. The molecule has 11 heteroatoms. The molecular formula is C12H15N9OS. The third-order valence-electron chi connectivity index (χ3n) is 3.10. The Hall–Kier alpha value is -2.82. The van der Waals surface area contributed by atoms with E-state index in [0.717, 1.165) is 11.3 Å². The van der Waals surface area contributed by atoms with Gasteiger partial charge in [0.2, 0.25) is 5.13 Å². The average Bonchev–Trinajstić information content (AvgIpc) is 3.21. The van der Waals surface area contributed by atoms with Gasteiger partial charge in [-0.15, -0.1) is 15.3 Å². The van der Waals surface area contributed by atoms with E-state index in [-0.39, 0.29) is 6.03 Å². The van der Waals surface area contributed by atoms with Crippen LogP contribution in [0.3, 0.4) is 0 Å². The molecule has 0 radical (unpaired) electrons. The van der Waals surface area contributed by atoms with Crippen LogP contribution in [0.2, 0.25) is 0 Å². The van der Waals surface area contributed by atoms with Gasteiger partial charge in [0.25, 0.3) is 0 Å². The summed E-state index contributed by atoms with van der Waals surface area (Å²) in [5.74, 6) is 0. The van der Waals surface area contributed by atoms with Crippen LogP contribution in [0, 0.1) is 6.92 Å². The van der Waals surface area contributed by atoms with Crippen molar-refractivity contribution in [2.75, 3.05) is 12.4 Å². The number of H-pyrrole nitrogens is 1. The summed E-state index contributed by atoms with van der Waals surface area (Å²) < 4.78 is 1.59. The lowest BCUT2D eigenvalue weighted by atomic mass is 10.3. The van der Waals surface area contributed by atoms with Crippen LogP contribution in [-0.2, 0) is 13.6 Å². The number of aryl methyl sites for hydroxylation is 2. The molecule has 2 amide bonds. The molecule has 0 unspecified atom stereocenters. The first-order chi connectivity index (χ1) is 11.0. The van der Waals surface area contributed by atoms with Crippen LogP contribution < -0.4 is 5.32 Å². The van der Waals surface area contributed by atoms with Crippen LogP contribution in [0.25, 0.3) is 10.6 Å². The van der Waals surface area contributed by atoms with Gasteiger partial charge in [-0.25, -0.2) is 4.79 Å². The SMILES string of the molecule is Cc1[nH]ncc1-c1nnc(NC(=O)N(C)Cc2cn(C)nn2)s1. The van der Waals surface area contributed by atoms with Crippen molar-refractivity contribution in [1.29, 1.82) is 0 Å². The number of carbonyl (C=O) groups excluding carboxylic acids is 1. The second-order valence-electron chi connectivity index (χ2n) is 4.99. The van der Waals surface area contributed by atoms with Crippen LogP contribution in [-0.4, -0.2) is 53.4 Å². The summed E-state index contributed by atoms with van der Waals surface area (Å²) in [6, 6.07) is -0.290. The number of hydrogen-bond acceptors (Lipinski definition) is 7. The molecule has 0 aliphatic rings. The lowest BCUT2D eigenvalue weighted by Crippen LogP contribution is -2.30. The van der Waals surface area contributed by atoms with Crippen LogP contribution in [0.1, 0.15) is 11.4 Å². The lowest BCUT2D eigenvalue weighted by Gasteiger charge is -2.14. The van der Waals surface area contributed by atoms with Crippen molar-refractivity contribution >= 4 is 22.5 Å². The molecule has 10 nitrogen and oxygen atoms in total. The van der Waals surface area contributed by atoms with E-state index in [4.69, 9.17) is 0 Å². The van der Waals surface area contributed by atoms with E-state index in [0.29, 0.717) is 22.4 Å². The fraction of sp³-hybridized carbons (Fsp3) is 0.333. The maximum absolute atomic E-state index is 12.2. The number of aromatic nitrogens is 7. The molecule has 2 N–H and O–H groups in total. The van der Waals surface area contributed by atoms with Crippen molar-refractivity contribution in [3.05, 3.63) is 23.8 Å². The first-order valence-electron chi connectivity index (χ1n) is 6.74. The minimum atomic E-state index is -0.290. The molecule has 0 saturated carbocycles. The van der Waals surface area contributed by atoms with Gasteiger partial charge in [-0.2, -0.15) is 5.10 Å². The number of anilines is 1. The molecule has 3 aromatic rings. The summed E-state index contributed by atoms with van der Waals surface area (Å²) >= 11 is 1.29. The highest BCUT2D eigenvalue weighted by Gasteiger charge is 2.15. The van der Waals surface area contributed by atoms with E-state index in [1.807, 2.05) is 6.92 Å². The molecule has 0 saturated heterocycles. The molecule has 0 bridgehead atoms. The molecule has 120 valence electrons. The molecule has 0 aliphatic carbocycles. The van der Waals surface area contributed by atoms with Crippen LogP contribution in [0.4, 0.5) is 9.93 Å². The monoisotopic (exact) mass is 333 g/mol. The number of nitrogens with one attached hydrogen (secondary N) is 2. The van der Waals surface area contributed by atoms with E-state index in [2.05, 4.69) is 36.0 Å². The van der Waals surface area contributed by atoms with Gasteiger partial charge in [0.05, 0.1) is 18.3 Å². The van der Waals surface area contributed by atoms with Gasteiger partial charge in [-0.3, -0.25) is 15.1 Å². The molecule has 3 heterocycles. The highest BCUT2D eigenvalue weighted by Crippen LogP contribution is 2.27. The van der Waals surface area contributed by atoms with Crippen molar-refractivity contribution in [3.8, 4) is 10.6 Å². The van der Waals surface area contributed by atoms with E-state index in [1.165, 1.54) is 16.2 Å². The Kier molecular flexibility index (Phi) is 4.02. The second kappa shape index (κ2) is 6.12. The Labute approximate surface area is 135 Å². The van der Waals surface area contributed by atoms with Crippen LogP contribution in [0.15, 0.2) is 12.4 Å². The number of nitrogens with zero attached hydrogens (tertiary/aromatic N) is 7. The minimum Gasteiger partial charge on any atom is -0.322 e. The summed E-state index contributed by atoms with van der Waals surface area (Å²) in [7, 11) is 3.45. The minimum absolute atomic E-state index is 0.290. The Bertz CT molecular complexity index is 820. The van der Waals surface area contributed by atoms with Crippen molar-refractivity contribution in [2.45, 2.75) is 13.5 Å². The third kappa shape index (κ3) is 3.34. The molecule has 3 aromatic heterocycles. The first-order valence-corrected chi connectivity index (χ1v) is 7.55. The molecule has 0 atom stereocenters. The molecule has 0 fully saturated rings. The maximum atomic E-state index is 12.2. The molecular weight excluding hydrogens is 318 g/mol. The predicted octanol–water partition coefficient (Wildman–Crippen LogP) is 1.03. The highest BCUT2D eigenvalue weighted by molar-refractivity contribution is 7.18. The zero-order valence-electron chi connectivity index (χ0n) is 12.8. The topological polar surface area (TPSA) is 118 Å². The summed E-state index contributed by atoms with van der Waals surface area (Å²) in [5, 5.41) is 26.5. The highest BCUT2D eigenvalue weighted by atomic mass is 32.1. The van der Waals surface area contributed by atoms with Crippen LogP contribution in [0.5, 0.6) is 0 Å². The maximum Gasteiger partial charge on any atom is 0.323 e. The summed E-state index contributed by atoms with van der Waals surface area (Å²) in [4.78, 5) is 13.7. The first kappa shape index (κ1) is 15.1. The second-order valence-corrected chi connectivity index (χ2v) is 5.97. The Morgan fingerprint density at radius 2 is 2.26 bits per heavy atom. The molecule has 23 heavy (non-hydrogen) atoms. The van der Waals surface area contributed by atoms with Crippen molar-refractivity contribution < 1.29 is 4.79 Å². The fourth-order valence-electron chi connectivity index (χ4n) is 1.92. The molecule has 0 aliphatic heterocycles. The van der Waals surface area contributed by atoms with Gasteiger partial charge in [0, 0.05) is 26.0 Å². The van der Waals surface area contributed by atoms with Gasteiger partial charge in [-0.05, 0) is 6.92 Å². The quantitative estimate of drug-likeness (QED) is 0.736. The van der Waals surface area contributed by atoms with Gasteiger partial charge < -0.3 is 4.90 Å². The Morgan fingerprint density at radius 3 is 2.91 bits per heavy atom. The van der Waals surface area contributed by atoms with E-state index in [9.17, 15) is 4.79 Å². The standard InChI is InChI=1S/C12H15N9OS/c1-7-9(4-13-15-7)10-17-18-11(23-10)14-12(22)20(2)5-8-6-21(3)19-16-8/h4,6H,5H2,1-3H3,(H,13,15)(H,14,18,22). The summed E-state index contributed by atoms with van der Waals surface area (Å²) in [5.41, 5.74) is 2.48. The van der Waals surface area contributed by atoms with E-state index >= 15 is 0 Å². The van der Waals surface area contributed by atoms with Gasteiger partial charge in [0.15, 0.2) is 5.01 Å². The van der Waals surface area contributed by atoms with Crippen molar-refractivity contribution in [2.24, 2.45) is 7.05 Å². The zero-order valence-corrected chi connectivity index (χ0v) is 13.6. The Balaban J connectivity index is 1.64. The number of amides is 2. The summed E-state index contributed by atoms with van der Waals surface area (Å²) in [6.07, 6.45) is 3.44. The molecule has 0 spiro atoms. The smallest absolute Gasteiger partial charge is 0.322 e. The van der Waals surface area contributed by atoms with E-state index < -0.39 is 0 Å². The normalized spacial score (nSPS) is 10.7. The number of hydrogen-bond donors (Lipinski definition) is 2. The molecule has 3 rings (SSSR count). The largest absolute Gasteiger partial charge is 0.323 e. The van der Waals surface area contributed by atoms with Crippen molar-refractivity contribution in [3.63, 3.8) is 0 Å². The third-order valence-corrected chi connectivity index (χ3v) is 3.97. The van der Waals surface area contributed by atoms with Gasteiger partial charge >= 0.3 is 6.03 Å². The van der Waals surface area contributed by atoms with Gasteiger partial charge in [0.1, 0.15) is 5.69 Å². The number of carbonyl (C=O) groups is 1. The van der Waals surface area contributed by atoms with Crippen molar-refractivity contribution in [1.82, 2.24) is 40.3 Å². The van der Waals surface area contributed by atoms with Crippen LogP contribution >= 0.6 is 11.3 Å². The lowest BCUT2D eigenvalue weighted by molar-refractivity contribution is 0.220. The number of urea groups is 1. The average molecular weight is 333 g/mol. The number of aromatic amines is 1. The number of rotatable bonds is 4. The van der Waals surface area contributed by atoms with Gasteiger partial charge in [-0.1, -0.05) is 16.6 Å². The zero-order chi connectivity index (χ0) is 16.4. The Morgan fingerprint density at radius 1 is 1.43 bits per heavy atom. The summed E-state index contributed by atoms with van der Waals surface area (Å²) in [6.45, 7) is 2.25. The van der Waals surface area contributed by atoms with E-state index in [1.54, 1.807) is 31.2 Å². The predicted molar refractivity (Wildman–Crippen MR) is 83.7 cm³/mol. The molecule has 0 aromatic carbocycles.